The summed E-state index contributed by atoms with van der Waals surface area (Å²) in [5.41, 5.74) is 8.50. The number of fused-ring (bicyclic) bond motifs is 1. The standard InChI is InChI=1S/C26H36N2O2S/c1-19(2)15-20(18-27)16-26(29)28-13-12-22(17-23-9-6-14-31-23)30-25-11-5-8-21-7-3-4-10-24(21)25/h3-6,8-9,11,14,19-20,22H,7,10,12-13,15-18,27H2,1-2H3,(H,28,29). The van der Waals surface area contributed by atoms with Crippen LogP contribution in [0.3, 0.4) is 0 Å². The number of benzene rings is 1. The Morgan fingerprint density at radius 3 is 2.77 bits per heavy atom. The van der Waals surface area contributed by atoms with Gasteiger partial charge in [-0.2, -0.15) is 0 Å². The molecule has 2 aromatic rings. The van der Waals surface area contributed by atoms with Crippen LogP contribution in [0.1, 0.15) is 49.1 Å². The van der Waals surface area contributed by atoms with E-state index in [1.54, 1.807) is 11.3 Å². The summed E-state index contributed by atoms with van der Waals surface area (Å²) in [6.07, 6.45) is 9.48. The second-order valence-corrected chi connectivity index (χ2v) is 9.90. The summed E-state index contributed by atoms with van der Waals surface area (Å²) in [6.45, 7) is 5.52. The summed E-state index contributed by atoms with van der Waals surface area (Å²) in [4.78, 5) is 13.7. The number of allylic oxidation sites excluding steroid dienone is 2. The minimum Gasteiger partial charge on any atom is -0.490 e. The third kappa shape index (κ3) is 7.51. The van der Waals surface area contributed by atoms with E-state index in [4.69, 9.17) is 10.5 Å². The third-order valence-electron chi connectivity index (χ3n) is 5.76. The van der Waals surface area contributed by atoms with E-state index in [9.17, 15) is 4.79 Å². The molecule has 1 aliphatic carbocycles. The molecule has 1 aliphatic rings. The molecule has 0 bridgehead atoms. The predicted octanol–water partition coefficient (Wildman–Crippen LogP) is 4.91. The van der Waals surface area contributed by atoms with Crippen LogP contribution in [0.4, 0.5) is 0 Å². The van der Waals surface area contributed by atoms with Crippen molar-refractivity contribution in [1.29, 1.82) is 0 Å². The van der Waals surface area contributed by atoms with E-state index in [1.165, 1.54) is 16.0 Å². The van der Waals surface area contributed by atoms with Crippen molar-refractivity contribution in [2.45, 2.75) is 58.5 Å². The fraction of sp³-hybridized carbons (Fsp3) is 0.500. The lowest BCUT2D eigenvalue weighted by Gasteiger charge is -2.23. The van der Waals surface area contributed by atoms with Crippen LogP contribution in [0.25, 0.3) is 0 Å². The molecule has 4 nitrogen and oxygen atoms in total. The molecule has 3 rings (SSSR count). The van der Waals surface area contributed by atoms with Crippen molar-refractivity contribution in [3.63, 3.8) is 0 Å². The molecule has 0 saturated carbocycles. The minimum atomic E-state index is 0.0253. The molecule has 0 fully saturated rings. The molecule has 168 valence electrons. The van der Waals surface area contributed by atoms with Crippen LogP contribution < -0.4 is 15.8 Å². The van der Waals surface area contributed by atoms with Crippen LogP contribution in [0.5, 0.6) is 5.75 Å². The molecule has 0 spiro atoms. The van der Waals surface area contributed by atoms with Crippen LogP contribution in [0.15, 0.2) is 47.9 Å². The number of thiophene rings is 1. The minimum absolute atomic E-state index is 0.0253. The molecule has 0 aliphatic heterocycles. The van der Waals surface area contributed by atoms with Gasteiger partial charge in [-0.1, -0.05) is 44.2 Å². The van der Waals surface area contributed by atoms with Gasteiger partial charge in [-0.15, -0.1) is 11.3 Å². The normalized spacial score (nSPS) is 14.8. The summed E-state index contributed by atoms with van der Waals surface area (Å²) >= 11 is 1.75. The lowest BCUT2D eigenvalue weighted by molar-refractivity contribution is -0.122. The Morgan fingerprint density at radius 2 is 2.03 bits per heavy atom. The number of carbonyl (C=O) groups is 1. The van der Waals surface area contributed by atoms with Crippen molar-refractivity contribution in [2.24, 2.45) is 17.6 Å². The number of rotatable bonds is 12. The first kappa shape index (κ1) is 23.6. The first-order valence-electron chi connectivity index (χ1n) is 11.5. The quantitative estimate of drug-likeness (QED) is 0.461. The molecule has 0 saturated heterocycles. The van der Waals surface area contributed by atoms with Gasteiger partial charge in [-0.25, -0.2) is 0 Å². The summed E-state index contributed by atoms with van der Waals surface area (Å²) in [5, 5.41) is 5.20. The molecule has 1 aromatic heterocycles. The van der Waals surface area contributed by atoms with Crippen LogP contribution >= 0.6 is 11.3 Å². The van der Waals surface area contributed by atoms with E-state index < -0.39 is 0 Å². The largest absolute Gasteiger partial charge is 0.490 e. The monoisotopic (exact) mass is 440 g/mol. The SMILES string of the molecule is CC(C)CC(CN)CC(=O)NCCC(Cc1cccs1)Oc1cccc2c1CC=CC2. The molecule has 1 amide bonds. The Labute approximate surface area is 190 Å². The van der Waals surface area contributed by atoms with E-state index in [0.717, 1.165) is 37.9 Å². The van der Waals surface area contributed by atoms with Gasteiger partial charge >= 0.3 is 0 Å². The maximum Gasteiger partial charge on any atom is 0.220 e. The summed E-state index contributed by atoms with van der Waals surface area (Å²) < 4.78 is 6.52. The molecule has 3 N–H and O–H groups in total. The predicted molar refractivity (Wildman–Crippen MR) is 130 cm³/mol. The van der Waals surface area contributed by atoms with Gasteiger partial charge in [0.15, 0.2) is 0 Å². The second-order valence-electron chi connectivity index (χ2n) is 8.87. The maximum absolute atomic E-state index is 12.4. The summed E-state index contributed by atoms with van der Waals surface area (Å²) in [6, 6.07) is 10.6. The lowest BCUT2D eigenvalue weighted by Crippen LogP contribution is -2.32. The average Bonchev–Trinajstić information content (AvgIpc) is 3.26. The van der Waals surface area contributed by atoms with Gasteiger partial charge < -0.3 is 15.8 Å². The van der Waals surface area contributed by atoms with Gasteiger partial charge in [0.2, 0.25) is 5.91 Å². The molecule has 31 heavy (non-hydrogen) atoms. The van der Waals surface area contributed by atoms with Gasteiger partial charge in [0.25, 0.3) is 0 Å². The van der Waals surface area contributed by atoms with Gasteiger partial charge in [0, 0.05) is 36.2 Å². The van der Waals surface area contributed by atoms with Crippen molar-refractivity contribution in [3.8, 4) is 5.75 Å². The molecule has 1 aromatic carbocycles. The molecule has 1 heterocycles. The smallest absolute Gasteiger partial charge is 0.220 e. The van der Waals surface area contributed by atoms with Crippen molar-refractivity contribution < 1.29 is 9.53 Å². The van der Waals surface area contributed by atoms with Crippen molar-refractivity contribution >= 4 is 17.2 Å². The highest BCUT2D eigenvalue weighted by molar-refractivity contribution is 7.09. The lowest BCUT2D eigenvalue weighted by atomic mass is 9.94. The first-order chi connectivity index (χ1) is 15.0. The number of ether oxygens (including phenoxy) is 1. The van der Waals surface area contributed by atoms with E-state index in [-0.39, 0.29) is 17.9 Å². The van der Waals surface area contributed by atoms with Crippen molar-refractivity contribution in [2.75, 3.05) is 13.1 Å². The van der Waals surface area contributed by atoms with Crippen LogP contribution in [-0.2, 0) is 24.1 Å². The summed E-state index contributed by atoms with van der Waals surface area (Å²) in [7, 11) is 0. The Morgan fingerprint density at radius 1 is 1.19 bits per heavy atom. The Balaban J connectivity index is 1.58. The number of nitrogens with one attached hydrogen (secondary N) is 1. The maximum atomic E-state index is 12.4. The number of carbonyl (C=O) groups excluding carboxylic acids is 1. The van der Waals surface area contributed by atoms with Gasteiger partial charge in [-0.3, -0.25) is 4.79 Å². The molecule has 0 radical (unpaired) electrons. The van der Waals surface area contributed by atoms with E-state index in [0.29, 0.717) is 25.4 Å². The average molecular weight is 441 g/mol. The topological polar surface area (TPSA) is 64.4 Å². The molecular formula is C26H36N2O2S. The first-order valence-corrected chi connectivity index (χ1v) is 12.3. The van der Waals surface area contributed by atoms with Crippen molar-refractivity contribution in [3.05, 3.63) is 63.9 Å². The van der Waals surface area contributed by atoms with Crippen LogP contribution in [0, 0.1) is 11.8 Å². The van der Waals surface area contributed by atoms with E-state index >= 15 is 0 Å². The van der Waals surface area contributed by atoms with E-state index in [1.807, 2.05) is 0 Å². The summed E-state index contributed by atoms with van der Waals surface area (Å²) in [5.74, 6) is 1.88. The zero-order valence-electron chi connectivity index (χ0n) is 18.8. The fourth-order valence-corrected chi connectivity index (χ4v) is 5.00. The Kier molecular flexibility index (Phi) is 9.16. The third-order valence-corrected chi connectivity index (χ3v) is 6.66. The Hall–Kier alpha value is -2.11. The van der Waals surface area contributed by atoms with E-state index in [2.05, 4.69) is 67.0 Å². The zero-order valence-corrected chi connectivity index (χ0v) is 19.6. The van der Waals surface area contributed by atoms with Gasteiger partial charge in [0.1, 0.15) is 11.9 Å². The molecule has 2 atom stereocenters. The van der Waals surface area contributed by atoms with Gasteiger partial charge in [0.05, 0.1) is 0 Å². The number of amides is 1. The van der Waals surface area contributed by atoms with Crippen LogP contribution in [-0.4, -0.2) is 25.1 Å². The van der Waals surface area contributed by atoms with Crippen molar-refractivity contribution in [1.82, 2.24) is 5.32 Å². The molecule has 2 unspecified atom stereocenters. The second kappa shape index (κ2) is 12.1. The molecule has 5 heteroatoms. The number of hydrogen-bond donors (Lipinski definition) is 2. The fourth-order valence-electron chi connectivity index (χ4n) is 4.23. The number of hydrogen-bond acceptors (Lipinski definition) is 4. The highest BCUT2D eigenvalue weighted by Crippen LogP contribution is 2.29. The van der Waals surface area contributed by atoms with Gasteiger partial charge in [-0.05, 0) is 60.7 Å². The van der Waals surface area contributed by atoms with Crippen LogP contribution in [0.2, 0.25) is 0 Å². The highest BCUT2D eigenvalue weighted by Gasteiger charge is 2.18. The number of nitrogens with two attached hydrogens (primary N) is 1. The zero-order chi connectivity index (χ0) is 22.1. The highest BCUT2D eigenvalue weighted by atomic mass is 32.1. The Bertz CT molecular complexity index is 845. The molecular weight excluding hydrogens is 404 g/mol.